The lowest BCUT2D eigenvalue weighted by Crippen LogP contribution is -2.00. The van der Waals surface area contributed by atoms with Gasteiger partial charge in [-0.05, 0) is 30.7 Å². The van der Waals surface area contributed by atoms with Gasteiger partial charge in [-0.3, -0.25) is 9.97 Å². The van der Waals surface area contributed by atoms with Gasteiger partial charge >= 0.3 is 0 Å². The van der Waals surface area contributed by atoms with Gasteiger partial charge in [-0.2, -0.15) is 0 Å². The molecule has 0 fully saturated rings. The number of pyridine rings is 2. The van der Waals surface area contributed by atoms with Gasteiger partial charge in [0, 0.05) is 24.6 Å². The second-order valence-corrected chi connectivity index (χ2v) is 3.91. The zero-order valence-electron chi connectivity index (χ0n) is 10.7. The predicted molar refractivity (Wildman–Crippen MR) is 72.8 cm³/mol. The predicted octanol–water partition coefficient (Wildman–Crippen LogP) is 2.97. The van der Waals surface area contributed by atoms with Gasteiger partial charge in [0.05, 0.1) is 12.8 Å². The van der Waals surface area contributed by atoms with Gasteiger partial charge in [-0.1, -0.05) is 6.92 Å². The second kappa shape index (κ2) is 6.00. The van der Waals surface area contributed by atoms with Crippen molar-refractivity contribution in [2.75, 3.05) is 19.0 Å². The number of rotatable bonds is 5. The molecular formula is C14H17N3O. The fourth-order valence-electron chi connectivity index (χ4n) is 1.69. The van der Waals surface area contributed by atoms with Crippen molar-refractivity contribution >= 4 is 5.69 Å². The van der Waals surface area contributed by atoms with Gasteiger partial charge in [0.2, 0.25) is 0 Å². The van der Waals surface area contributed by atoms with Gasteiger partial charge in [-0.25, -0.2) is 0 Å². The van der Waals surface area contributed by atoms with Crippen LogP contribution in [0.2, 0.25) is 0 Å². The Kier molecular flexibility index (Phi) is 4.12. The summed E-state index contributed by atoms with van der Waals surface area (Å²) >= 11 is 0. The maximum Gasteiger partial charge on any atom is 0.146 e. The summed E-state index contributed by atoms with van der Waals surface area (Å²) in [4.78, 5) is 8.67. The molecule has 0 aromatic carbocycles. The van der Waals surface area contributed by atoms with E-state index in [2.05, 4.69) is 22.2 Å². The van der Waals surface area contributed by atoms with Crippen LogP contribution in [0.5, 0.6) is 5.75 Å². The summed E-state index contributed by atoms with van der Waals surface area (Å²) < 4.78 is 5.30. The maximum absolute atomic E-state index is 5.30. The van der Waals surface area contributed by atoms with Gasteiger partial charge in [0.25, 0.3) is 0 Å². The summed E-state index contributed by atoms with van der Waals surface area (Å²) in [5.41, 5.74) is 2.63. The van der Waals surface area contributed by atoms with Crippen molar-refractivity contribution in [3.63, 3.8) is 0 Å². The molecule has 94 valence electrons. The second-order valence-electron chi connectivity index (χ2n) is 3.91. The van der Waals surface area contributed by atoms with Gasteiger partial charge < -0.3 is 10.1 Å². The lowest BCUT2D eigenvalue weighted by Gasteiger charge is -2.09. The molecule has 0 amide bonds. The Balaban J connectivity index is 2.32. The normalized spacial score (nSPS) is 10.1. The van der Waals surface area contributed by atoms with Crippen LogP contribution in [0.3, 0.4) is 0 Å². The Labute approximate surface area is 107 Å². The molecule has 4 nitrogen and oxygen atoms in total. The third kappa shape index (κ3) is 2.77. The Bertz CT molecular complexity index is 514. The first kappa shape index (κ1) is 12.4. The van der Waals surface area contributed by atoms with Crippen LogP contribution < -0.4 is 10.1 Å². The van der Waals surface area contributed by atoms with E-state index in [-0.39, 0.29) is 0 Å². The van der Waals surface area contributed by atoms with Crippen molar-refractivity contribution in [1.29, 1.82) is 0 Å². The Morgan fingerprint density at radius 1 is 1.22 bits per heavy atom. The molecule has 0 saturated heterocycles. The summed E-state index contributed by atoms with van der Waals surface area (Å²) in [6.07, 6.45) is 4.61. The molecule has 2 heterocycles. The van der Waals surface area contributed by atoms with Crippen molar-refractivity contribution in [3.05, 3.63) is 36.7 Å². The summed E-state index contributed by atoms with van der Waals surface area (Å²) in [5, 5.41) is 3.33. The van der Waals surface area contributed by atoms with Crippen molar-refractivity contribution in [1.82, 2.24) is 9.97 Å². The number of nitrogens with zero attached hydrogens (tertiary/aromatic N) is 2. The first-order chi connectivity index (χ1) is 8.85. The van der Waals surface area contributed by atoms with E-state index < -0.39 is 0 Å². The summed E-state index contributed by atoms with van der Waals surface area (Å²) in [5.74, 6) is 0.734. The molecule has 0 aliphatic rings. The SMILES string of the molecule is CCCNc1ccnc(-c2ncccc2OC)c1. The molecule has 0 aliphatic heterocycles. The fourth-order valence-corrected chi connectivity index (χ4v) is 1.69. The van der Waals surface area contributed by atoms with E-state index in [0.29, 0.717) is 0 Å². The Hall–Kier alpha value is -2.10. The van der Waals surface area contributed by atoms with Crippen molar-refractivity contribution < 1.29 is 4.74 Å². The summed E-state index contributed by atoms with van der Waals surface area (Å²) in [6.45, 7) is 3.08. The van der Waals surface area contributed by atoms with Crippen molar-refractivity contribution in [3.8, 4) is 17.1 Å². The molecule has 0 radical (unpaired) electrons. The fraction of sp³-hybridized carbons (Fsp3) is 0.286. The van der Waals surface area contributed by atoms with Gasteiger partial charge in [-0.15, -0.1) is 0 Å². The van der Waals surface area contributed by atoms with Crippen LogP contribution in [0, 0.1) is 0 Å². The molecule has 0 unspecified atom stereocenters. The third-order valence-electron chi connectivity index (χ3n) is 2.57. The number of nitrogens with one attached hydrogen (secondary N) is 1. The van der Waals surface area contributed by atoms with Crippen LogP contribution in [0.1, 0.15) is 13.3 Å². The molecule has 0 bridgehead atoms. The van der Waals surface area contributed by atoms with Crippen LogP contribution >= 0.6 is 0 Å². The highest BCUT2D eigenvalue weighted by atomic mass is 16.5. The third-order valence-corrected chi connectivity index (χ3v) is 2.57. The standard InChI is InChI=1S/C14H17N3O/c1-3-7-15-11-6-9-16-12(10-11)14-13(18-2)5-4-8-17-14/h4-6,8-10H,3,7H2,1-2H3,(H,15,16). The van der Waals surface area contributed by atoms with Crippen LogP contribution in [-0.2, 0) is 0 Å². The van der Waals surface area contributed by atoms with Crippen LogP contribution in [0.15, 0.2) is 36.7 Å². The van der Waals surface area contributed by atoms with Crippen LogP contribution in [0.25, 0.3) is 11.4 Å². The van der Waals surface area contributed by atoms with E-state index >= 15 is 0 Å². The molecule has 2 rings (SSSR count). The molecule has 2 aromatic rings. The van der Waals surface area contributed by atoms with Gasteiger partial charge in [0.15, 0.2) is 0 Å². The molecule has 0 spiro atoms. The van der Waals surface area contributed by atoms with Crippen LogP contribution in [0.4, 0.5) is 5.69 Å². The molecule has 1 N–H and O–H groups in total. The quantitative estimate of drug-likeness (QED) is 0.877. The molecule has 4 heteroatoms. The summed E-state index contributed by atoms with van der Waals surface area (Å²) in [6, 6.07) is 7.67. The lowest BCUT2D eigenvalue weighted by atomic mass is 10.2. The first-order valence-electron chi connectivity index (χ1n) is 6.04. The topological polar surface area (TPSA) is 47.0 Å². The smallest absolute Gasteiger partial charge is 0.146 e. The molecule has 0 atom stereocenters. The highest BCUT2D eigenvalue weighted by Gasteiger charge is 2.08. The van der Waals surface area contributed by atoms with E-state index in [0.717, 1.165) is 35.8 Å². The van der Waals surface area contributed by atoms with E-state index in [1.165, 1.54) is 0 Å². The zero-order valence-corrected chi connectivity index (χ0v) is 10.7. The highest BCUT2D eigenvalue weighted by molar-refractivity contribution is 5.66. The molecule has 18 heavy (non-hydrogen) atoms. The molecule has 0 saturated carbocycles. The summed E-state index contributed by atoms with van der Waals surface area (Å²) in [7, 11) is 1.64. The first-order valence-corrected chi connectivity index (χ1v) is 6.04. The van der Waals surface area contributed by atoms with E-state index in [1.807, 2.05) is 24.3 Å². The van der Waals surface area contributed by atoms with E-state index in [9.17, 15) is 0 Å². The average Bonchev–Trinajstić information content (AvgIpc) is 2.45. The number of hydrogen-bond acceptors (Lipinski definition) is 4. The number of ether oxygens (including phenoxy) is 1. The minimum Gasteiger partial charge on any atom is -0.494 e. The molecule has 0 aliphatic carbocycles. The minimum atomic E-state index is 0.734. The molecular weight excluding hydrogens is 226 g/mol. The number of methoxy groups -OCH3 is 1. The van der Waals surface area contributed by atoms with Gasteiger partial charge in [0.1, 0.15) is 11.4 Å². The number of anilines is 1. The lowest BCUT2D eigenvalue weighted by molar-refractivity contribution is 0.414. The molecule has 2 aromatic heterocycles. The average molecular weight is 243 g/mol. The minimum absolute atomic E-state index is 0.734. The van der Waals surface area contributed by atoms with Crippen molar-refractivity contribution in [2.45, 2.75) is 13.3 Å². The number of aromatic nitrogens is 2. The zero-order chi connectivity index (χ0) is 12.8. The largest absolute Gasteiger partial charge is 0.494 e. The highest BCUT2D eigenvalue weighted by Crippen LogP contribution is 2.26. The van der Waals surface area contributed by atoms with E-state index in [1.54, 1.807) is 19.5 Å². The van der Waals surface area contributed by atoms with Crippen LogP contribution in [-0.4, -0.2) is 23.6 Å². The number of hydrogen-bond donors (Lipinski definition) is 1. The van der Waals surface area contributed by atoms with E-state index in [4.69, 9.17) is 4.74 Å². The Morgan fingerprint density at radius 3 is 2.89 bits per heavy atom. The monoisotopic (exact) mass is 243 g/mol. The maximum atomic E-state index is 5.30. The van der Waals surface area contributed by atoms with Crippen molar-refractivity contribution in [2.24, 2.45) is 0 Å². The Morgan fingerprint density at radius 2 is 2.11 bits per heavy atom.